The third kappa shape index (κ3) is 5.21. The van der Waals surface area contributed by atoms with Gasteiger partial charge in [0.15, 0.2) is 0 Å². The molecule has 1 heterocycles. The molecule has 0 spiro atoms. The molecule has 142 valence electrons. The topological polar surface area (TPSA) is 95.9 Å². The van der Waals surface area contributed by atoms with Crippen LogP contribution in [0, 0.1) is 12.8 Å². The first-order valence-electron chi connectivity index (χ1n) is 8.69. The quantitative estimate of drug-likeness (QED) is 0.860. The number of rotatable bonds is 3. The van der Waals surface area contributed by atoms with Crippen molar-refractivity contribution in [1.29, 1.82) is 0 Å². The number of aromatic carboxylic acids is 1. The normalized spacial score (nSPS) is 17.5. The average molecular weight is 362 g/mol. The predicted octanol–water partition coefficient (Wildman–Crippen LogP) is 3.28. The lowest BCUT2D eigenvalue weighted by Gasteiger charge is -2.33. The van der Waals surface area contributed by atoms with Gasteiger partial charge < -0.3 is 20.1 Å². The lowest BCUT2D eigenvalue weighted by atomic mass is 9.97. The largest absolute Gasteiger partial charge is 0.478 e. The number of nitrogens with zero attached hydrogens (tertiary/aromatic N) is 1. The summed E-state index contributed by atoms with van der Waals surface area (Å²) in [5.74, 6) is -1.62. The molecule has 1 aromatic carbocycles. The molecule has 0 radical (unpaired) electrons. The van der Waals surface area contributed by atoms with E-state index < -0.39 is 17.7 Å². The van der Waals surface area contributed by atoms with Crippen molar-refractivity contribution in [3.63, 3.8) is 0 Å². The summed E-state index contributed by atoms with van der Waals surface area (Å²) in [5.41, 5.74) is 0.790. The molecule has 2 amide bonds. The highest BCUT2D eigenvalue weighted by Crippen LogP contribution is 2.23. The van der Waals surface area contributed by atoms with Gasteiger partial charge in [-0.05, 0) is 58.2 Å². The van der Waals surface area contributed by atoms with Gasteiger partial charge in [0.1, 0.15) is 5.60 Å². The number of hydrogen-bond donors (Lipinski definition) is 2. The van der Waals surface area contributed by atoms with Gasteiger partial charge in [-0.3, -0.25) is 4.79 Å². The van der Waals surface area contributed by atoms with Gasteiger partial charge in [0.25, 0.3) is 0 Å². The molecule has 0 aliphatic carbocycles. The summed E-state index contributed by atoms with van der Waals surface area (Å²) in [6, 6.07) is 4.61. The molecule has 0 aromatic heterocycles. The Kier molecular flexibility index (Phi) is 5.90. The summed E-state index contributed by atoms with van der Waals surface area (Å²) in [4.78, 5) is 37.5. The van der Waals surface area contributed by atoms with Gasteiger partial charge in [-0.1, -0.05) is 6.07 Å². The molecule has 1 fully saturated rings. The number of aryl methyl sites for hydroxylation is 1. The highest BCUT2D eigenvalue weighted by Gasteiger charge is 2.31. The smallest absolute Gasteiger partial charge is 0.410 e. The monoisotopic (exact) mass is 362 g/mol. The van der Waals surface area contributed by atoms with Crippen LogP contribution in [0.3, 0.4) is 0 Å². The van der Waals surface area contributed by atoms with E-state index in [1.807, 2.05) is 0 Å². The number of piperidine rings is 1. The number of benzene rings is 1. The molecule has 1 aromatic rings. The fourth-order valence-electron chi connectivity index (χ4n) is 2.81. The lowest BCUT2D eigenvalue weighted by Crippen LogP contribution is -2.45. The lowest BCUT2D eigenvalue weighted by molar-refractivity contribution is -0.121. The van der Waals surface area contributed by atoms with Crippen molar-refractivity contribution < 1.29 is 24.2 Å². The second-order valence-corrected chi connectivity index (χ2v) is 7.59. The number of amides is 2. The molecule has 2 N–H and O–H groups in total. The Hall–Kier alpha value is -2.57. The number of nitrogens with one attached hydrogen (secondary N) is 1. The summed E-state index contributed by atoms with van der Waals surface area (Å²) >= 11 is 0. The highest BCUT2D eigenvalue weighted by molar-refractivity contribution is 5.96. The van der Waals surface area contributed by atoms with Crippen molar-refractivity contribution in [2.75, 3.05) is 18.4 Å². The van der Waals surface area contributed by atoms with Crippen LogP contribution < -0.4 is 5.32 Å². The summed E-state index contributed by atoms with van der Waals surface area (Å²) in [6.07, 6.45) is 0.966. The third-order valence-corrected chi connectivity index (χ3v) is 4.19. The Morgan fingerprint density at radius 3 is 2.58 bits per heavy atom. The maximum absolute atomic E-state index is 12.6. The van der Waals surface area contributed by atoms with Crippen LogP contribution in [0.1, 0.15) is 49.5 Å². The Balaban J connectivity index is 2.04. The zero-order chi connectivity index (χ0) is 19.5. The molecule has 1 unspecified atom stereocenters. The molecule has 1 atom stereocenters. The summed E-state index contributed by atoms with van der Waals surface area (Å²) in [6.45, 7) is 8.06. The second-order valence-electron chi connectivity index (χ2n) is 7.59. The molecule has 0 bridgehead atoms. The van der Waals surface area contributed by atoms with Crippen molar-refractivity contribution in [3.8, 4) is 0 Å². The average Bonchev–Trinajstić information content (AvgIpc) is 2.55. The van der Waals surface area contributed by atoms with Gasteiger partial charge in [0.05, 0.1) is 11.5 Å². The van der Waals surface area contributed by atoms with Crippen molar-refractivity contribution in [2.45, 2.75) is 46.1 Å². The van der Waals surface area contributed by atoms with E-state index in [4.69, 9.17) is 9.84 Å². The first-order valence-corrected chi connectivity index (χ1v) is 8.69. The van der Waals surface area contributed by atoms with Crippen LogP contribution >= 0.6 is 0 Å². The van der Waals surface area contributed by atoms with Crippen LogP contribution in [0.25, 0.3) is 0 Å². The minimum absolute atomic E-state index is 0.116. The molecule has 1 saturated heterocycles. The maximum atomic E-state index is 12.6. The van der Waals surface area contributed by atoms with E-state index in [1.165, 1.54) is 12.1 Å². The number of likely N-dealkylation sites (tertiary alicyclic amines) is 1. The molecule has 7 heteroatoms. The SMILES string of the molecule is Cc1ccc(C(=O)O)cc1NC(=O)C1CCCN(C(=O)OC(C)(C)C)C1. The third-order valence-electron chi connectivity index (χ3n) is 4.19. The second kappa shape index (κ2) is 7.76. The molecule has 1 aliphatic rings. The van der Waals surface area contributed by atoms with Crippen molar-refractivity contribution in [1.82, 2.24) is 4.90 Å². The first-order chi connectivity index (χ1) is 12.1. The Bertz CT molecular complexity index is 708. The fourth-order valence-corrected chi connectivity index (χ4v) is 2.81. The number of carboxylic acid groups (broad SMARTS) is 1. The van der Waals surface area contributed by atoms with Gasteiger partial charge in [-0.15, -0.1) is 0 Å². The molecular weight excluding hydrogens is 336 g/mol. The summed E-state index contributed by atoms with van der Waals surface area (Å²) in [7, 11) is 0. The van der Waals surface area contributed by atoms with Crippen molar-refractivity contribution in [3.05, 3.63) is 29.3 Å². The minimum Gasteiger partial charge on any atom is -0.478 e. The van der Waals surface area contributed by atoms with E-state index in [0.717, 1.165) is 5.56 Å². The number of anilines is 1. The molecular formula is C19H26N2O5. The van der Waals surface area contributed by atoms with Gasteiger partial charge >= 0.3 is 12.1 Å². The molecule has 26 heavy (non-hydrogen) atoms. The molecule has 7 nitrogen and oxygen atoms in total. The van der Waals surface area contributed by atoms with E-state index >= 15 is 0 Å². The number of carboxylic acids is 1. The molecule has 1 aliphatic heterocycles. The van der Waals surface area contributed by atoms with E-state index in [0.29, 0.717) is 31.6 Å². The first kappa shape index (κ1) is 19.8. The van der Waals surface area contributed by atoms with Crippen molar-refractivity contribution in [2.24, 2.45) is 5.92 Å². The Labute approximate surface area is 153 Å². The van der Waals surface area contributed by atoms with Gasteiger partial charge in [0, 0.05) is 18.8 Å². The standard InChI is InChI=1S/C19H26N2O5/c1-12-7-8-13(17(23)24)10-15(12)20-16(22)14-6-5-9-21(11-14)18(25)26-19(2,3)4/h7-8,10,14H,5-6,9,11H2,1-4H3,(H,20,22)(H,23,24). The number of ether oxygens (including phenoxy) is 1. The maximum Gasteiger partial charge on any atom is 0.410 e. The van der Waals surface area contributed by atoms with Gasteiger partial charge in [-0.25, -0.2) is 9.59 Å². The van der Waals surface area contributed by atoms with Crippen LogP contribution in [0.15, 0.2) is 18.2 Å². The van der Waals surface area contributed by atoms with Gasteiger partial charge in [-0.2, -0.15) is 0 Å². The van der Waals surface area contributed by atoms with Crippen LogP contribution in [0.5, 0.6) is 0 Å². The van der Waals surface area contributed by atoms with Crippen LogP contribution in [-0.4, -0.2) is 46.7 Å². The van der Waals surface area contributed by atoms with Crippen LogP contribution in [0.4, 0.5) is 10.5 Å². The summed E-state index contributed by atoms with van der Waals surface area (Å²) in [5, 5.41) is 11.9. The molecule has 0 saturated carbocycles. The fraction of sp³-hybridized carbons (Fsp3) is 0.526. The number of carbonyl (C=O) groups excluding carboxylic acids is 2. The zero-order valence-electron chi connectivity index (χ0n) is 15.7. The number of hydrogen-bond acceptors (Lipinski definition) is 4. The van der Waals surface area contributed by atoms with E-state index in [9.17, 15) is 14.4 Å². The minimum atomic E-state index is -1.05. The van der Waals surface area contributed by atoms with E-state index in [-0.39, 0.29) is 17.4 Å². The van der Waals surface area contributed by atoms with E-state index in [2.05, 4.69) is 5.32 Å². The van der Waals surface area contributed by atoms with Gasteiger partial charge in [0.2, 0.25) is 5.91 Å². The van der Waals surface area contributed by atoms with Crippen LogP contribution in [-0.2, 0) is 9.53 Å². The summed E-state index contributed by atoms with van der Waals surface area (Å²) < 4.78 is 5.37. The Morgan fingerprint density at radius 1 is 1.27 bits per heavy atom. The zero-order valence-corrected chi connectivity index (χ0v) is 15.7. The molecule has 2 rings (SSSR count). The van der Waals surface area contributed by atoms with E-state index in [1.54, 1.807) is 38.7 Å². The Morgan fingerprint density at radius 2 is 1.96 bits per heavy atom. The highest BCUT2D eigenvalue weighted by atomic mass is 16.6. The van der Waals surface area contributed by atoms with Crippen molar-refractivity contribution >= 4 is 23.7 Å². The predicted molar refractivity (Wildman–Crippen MR) is 97.3 cm³/mol. The van der Waals surface area contributed by atoms with Crippen LogP contribution in [0.2, 0.25) is 0 Å². The number of carbonyl (C=O) groups is 3.